The number of amides is 1. The lowest BCUT2D eigenvalue weighted by Gasteiger charge is -2.10. The van der Waals surface area contributed by atoms with Crippen LogP contribution in [-0.4, -0.2) is 17.4 Å². The molecule has 0 heterocycles. The van der Waals surface area contributed by atoms with Crippen molar-refractivity contribution in [2.75, 3.05) is 17.2 Å². The highest BCUT2D eigenvalue weighted by Crippen LogP contribution is 2.23. The number of nitro benzene ring substituents is 1. The lowest BCUT2D eigenvalue weighted by molar-refractivity contribution is -0.384. The van der Waals surface area contributed by atoms with Gasteiger partial charge in [0.2, 0.25) is 5.91 Å². The first-order valence-corrected chi connectivity index (χ1v) is 7.82. The zero-order valence-electron chi connectivity index (χ0n) is 13.8. The van der Waals surface area contributed by atoms with E-state index in [2.05, 4.69) is 10.6 Å². The summed E-state index contributed by atoms with van der Waals surface area (Å²) in [6.45, 7) is 4.42. The number of anilines is 2. The zero-order chi connectivity index (χ0) is 17.5. The summed E-state index contributed by atoms with van der Waals surface area (Å²) >= 11 is 0. The minimum atomic E-state index is -0.421. The maximum atomic E-state index is 12.0. The van der Waals surface area contributed by atoms with Crippen LogP contribution in [0.1, 0.15) is 24.0 Å². The van der Waals surface area contributed by atoms with E-state index in [4.69, 9.17) is 0 Å². The van der Waals surface area contributed by atoms with E-state index >= 15 is 0 Å². The average molecular weight is 327 g/mol. The van der Waals surface area contributed by atoms with Crippen molar-refractivity contribution in [2.24, 2.45) is 0 Å². The first kappa shape index (κ1) is 17.5. The predicted molar refractivity (Wildman–Crippen MR) is 95.4 cm³/mol. The summed E-state index contributed by atoms with van der Waals surface area (Å²) in [4.78, 5) is 22.5. The van der Waals surface area contributed by atoms with Crippen molar-refractivity contribution >= 4 is 23.0 Å². The van der Waals surface area contributed by atoms with Crippen molar-refractivity contribution in [1.82, 2.24) is 0 Å². The van der Waals surface area contributed by atoms with Crippen LogP contribution < -0.4 is 10.6 Å². The molecule has 0 radical (unpaired) electrons. The minimum Gasteiger partial charge on any atom is -0.379 e. The number of carbonyl (C=O) groups excluding carboxylic acids is 1. The Morgan fingerprint density at radius 3 is 2.62 bits per heavy atom. The molecule has 2 aromatic carbocycles. The van der Waals surface area contributed by atoms with E-state index in [0.29, 0.717) is 25.1 Å². The Hall–Kier alpha value is -2.89. The second-order valence-electron chi connectivity index (χ2n) is 5.67. The second kappa shape index (κ2) is 8.10. The summed E-state index contributed by atoms with van der Waals surface area (Å²) in [5.41, 5.74) is 3.45. The van der Waals surface area contributed by atoms with Crippen LogP contribution in [0.4, 0.5) is 17.1 Å². The van der Waals surface area contributed by atoms with Gasteiger partial charge in [-0.3, -0.25) is 14.9 Å². The normalized spacial score (nSPS) is 10.2. The van der Waals surface area contributed by atoms with Crippen LogP contribution in [0.2, 0.25) is 0 Å². The van der Waals surface area contributed by atoms with Gasteiger partial charge in [-0.2, -0.15) is 0 Å². The van der Waals surface area contributed by atoms with Gasteiger partial charge in [0.15, 0.2) is 0 Å². The number of nitrogens with zero attached hydrogens (tertiary/aromatic N) is 1. The molecular weight excluding hydrogens is 306 g/mol. The molecule has 2 rings (SSSR count). The molecule has 0 aliphatic rings. The van der Waals surface area contributed by atoms with Gasteiger partial charge in [0.25, 0.3) is 5.69 Å². The van der Waals surface area contributed by atoms with Gasteiger partial charge in [0, 0.05) is 24.7 Å². The standard InChI is InChI=1S/C18H21N3O3/c1-13-9-10-14(2)16(12-13)20-18(22)8-5-11-19-15-6-3-4-7-17(15)21(23)24/h3-4,6-7,9-10,12,19H,5,8,11H2,1-2H3,(H,20,22). The number of carbonyl (C=O) groups is 1. The molecule has 2 aromatic rings. The van der Waals surface area contributed by atoms with Crippen LogP contribution >= 0.6 is 0 Å². The first-order chi connectivity index (χ1) is 11.5. The van der Waals surface area contributed by atoms with Gasteiger partial charge in [-0.25, -0.2) is 0 Å². The third kappa shape index (κ3) is 4.81. The Morgan fingerprint density at radius 2 is 1.88 bits per heavy atom. The number of benzene rings is 2. The summed E-state index contributed by atoms with van der Waals surface area (Å²) in [6.07, 6.45) is 0.934. The Kier molecular flexibility index (Phi) is 5.89. The van der Waals surface area contributed by atoms with Gasteiger partial charge in [-0.05, 0) is 43.5 Å². The van der Waals surface area contributed by atoms with Crippen molar-refractivity contribution in [2.45, 2.75) is 26.7 Å². The fraction of sp³-hybridized carbons (Fsp3) is 0.278. The molecule has 0 fully saturated rings. The van der Waals surface area contributed by atoms with Crippen molar-refractivity contribution in [1.29, 1.82) is 0 Å². The lowest BCUT2D eigenvalue weighted by atomic mass is 10.1. The average Bonchev–Trinajstić information content (AvgIpc) is 2.55. The molecule has 2 N–H and O–H groups in total. The fourth-order valence-corrected chi connectivity index (χ4v) is 2.34. The number of hydrogen-bond donors (Lipinski definition) is 2. The van der Waals surface area contributed by atoms with E-state index in [9.17, 15) is 14.9 Å². The van der Waals surface area contributed by atoms with Crippen molar-refractivity contribution in [3.8, 4) is 0 Å². The summed E-state index contributed by atoms with van der Waals surface area (Å²) in [5, 5.41) is 16.8. The molecule has 0 atom stereocenters. The number of nitro groups is 1. The largest absolute Gasteiger partial charge is 0.379 e. The maximum absolute atomic E-state index is 12.0. The molecule has 0 saturated heterocycles. The summed E-state index contributed by atoms with van der Waals surface area (Å²) in [7, 11) is 0. The predicted octanol–water partition coefficient (Wildman–Crippen LogP) is 4.04. The van der Waals surface area contributed by atoms with Crippen molar-refractivity contribution in [3.05, 3.63) is 63.7 Å². The Labute approximate surface area is 141 Å². The number of aryl methyl sites for hydroxylation is 2. The second-order valence-corrected chi connectivity index (χ2v) is 5.67. The van der Waals surface area contributed by atoms with E-state index in [-0.39, 0.29) is 11.6 Å². The molecule has 24 heavy (non-hydrogen) atoms. The molecule has 0 aliphatic heterocycles. The highest BCUT2D eigenvalue weighted by Gasteiger charge is 2.11. The monoisotopic (exact) mass is 327 g/mol. The van der Waals surface area contributed by atoms with Crippen molar-refractivity contribution < 1.29 is 9.72 Å². The zero-order valence-corrected chi connectivity index (χ0v) is 13.8. The highest BCUT2D eigenvalue weighted by molar-refractivity contribution is 5.91. The molecule has 0 unspecified atom stereocenters. The van der Waals surface area contributed by atoms with Gasteiger partial charge in [0.05, 0.1) is 4.92 Å². The third-order valence-corrected chi connectivity index (χ3v) is 3.66. The number of para-hydroxylation sites is 2. The Balaban J connectivity index is 1.81. The van der Waals surface area contributed by atoms with Gasteiger partial charge >= 0.3 is 0 Å². The SMILES string of the molecule is Cc1ccc(C)c(NC(=O)CCCNc2ccccc2[N+](=O)[O-])c1. The number of hydrogen-bond acceptors (Lipinski definition) is 4. The van der Waals surface area contributed by atoms with E-state index < -0.39 is 4.92 Å². The molecule has 0 aliphatic carbocycles. The van der Waals surface area contributed by atoms with Crippen molar-refractivity contribution in [3.63, 3.8) is 0 Å². The van der Waals surface area contributed by atoms with E-state index in [1.807, 2.05) is 32.0 Å². The summed E-state index contributed by atoms with van der Waals surface area (Å²) < 4.78 is 0. The van der Waals surface area contributed by atoms with Crippen LogP contribution in [-0.2, 0) is 4.79 Å². The summed E-state index contributed by atoms with van der Waals surface area (Å²) in [6, 6.07) is 12.4. The van der Waals surface area contributed by atoms with E-state index in [0.717, 1.165) is 16.8 Å². The lowest BCUT2D eigenvalue weighted by Crippen LogP contribution is -2.14. The molecule has 6 heteroatoms. The molecule has 0 spiro atoms. The van der Waals surface area contributed by atoms with Crippen LogP contribution in [0.25, 0.3) is 0 Å². The minimum absolute atomic E-state index is 0.0392. The van der Waals surface area contributed by atoms with Gasteiger partial charge < -0.3 is 10.6 Å². The number of rotatable bonds is 7. The maximum Gasteiger partial charge on any atom is 0.292 e. The van der Waals surface area contributed by atoms with E-state index in [1.165, 1.54) is 6.07 Å². The van der Waals surface area contributed by atoms with E-state index in [1.54, 1.807) is 18.2 Å². The van der Waals surface area contributed by atoms with Crippen LogP contribution in [0, 0.1) is 24.0 Å². The van der Waals surface area contributed by atoms with Gasteiger partial charge in [-0.1, -0.05) is 24.3 Å². The Bertz CT molecular complexity index is 744. The number of nitrogens with one attached hydrogen (secondary N) is 2. The molecule has 0 aromatic heterocycles. The summed E-state index contributed by atoms with van der Waals surface area (Å²) in [5.74, 6) is -0.0620. The van der Waals surface area contributed by atoms with Gasteiger partial charge in [-0.15, -0.1) is 0 Å². The molecular formula is C18H21N3O3. The van der Waals surface area contributed by atoms with Crippen LogP contribution in [0.3, 0.4) is 0 Å². The van der Waals surface area contributed by atoms with Crippen LogP contribution in [0.5, 0.6) is 0 Å². The Morgan fingerprint density at radius 1 is 1.12 bits per heavy atom. The molecule has 1 amide bonds. The molecule has 6 nitrogen and oxygen atoms in total. The molecule has 0 saturated carbocycles. The highest BCUT2D eigenvalue weighted by atomic mass is 16.6. The quantitative estimate of drug-likeness (QED) is 0.456. The van der Waals surface area contributed by atoms with Crippen LogP contribution in [0.15, 0.2) is 42.5 Å². The first-order valence-electron chi connectivity index (χ1n) is 7.82. The molecule has 0 bridgehead atoms. The topological polar surface area (TPSA) is 84.3 Å². The third-order valence-electron chi connectivity index (χ3n) is 3.66. The smallest absolute Gasteiger partial charge is 0.292 e. The fourth-order valence-electron chi connectivity index (χ4n) is 2.34. The molecule has 126 valence electrons. The van der Waals surface area contributed by atoms with Gasteiger partial charge in [0.1, 0.15) is 5.69 Å².